The van der Waals surface area contributed by atoms with Crippen molar-refractivity contribution >= 4 is 0 Å². The maximum absolute atomic E-state index is 5.63. The standard InChI is InChI=1S/C14H19NO2/c1-2-4-12(15-7-3-1)11-5-6-13-14(10-11)17-9-8-16-13/h5-6,10,12,15H,1-4,7-9H2. The zero-order valence-corrected chi connectivity index (χ0v) is 10.1. The number of ether oxygens (including phenoxy) is 2. The number of benzene rings is 1. The van der Waals surface area contributed by atoms with Crippen LogP contribution in [0.4, 0.5) is 0 Å². The molecular weight excluding hydrogens is 214 g/mol. The van der Waals surface area contributed by atoms with Gasteiger partial charge in [0.1, 0.15) is 13.2 Å². The van der Waals surface area contributed by atoms with E-state index in [1.807, 2.05) is 6.07 Å². The SMILES string of the molecule is c1cc2c(cc1C1CCCCCN1)OCCO2. The van der Waals surface area contributed by atoms with E-state index in [1.165, 1.54) is 31.2 Å². The van der Waals surface area contributed by atoms with Crippen molar-refractivity contribution in [2.75, 3.05) is 19.8 Å². The molecular formula is C14H19NO2. The lowest BCUT2D eigenvalue weighted by atomic mass is 10.0. The third kappa shape index (κ3) is 2.39. The number of hydrogen-bond donors (Lipinski definition) is 1. The van der Waals surface area contributed by atoms with E-state index in [0.29, 0.717) is 19.3 Å². The molecule has 17 heavy (non-hydrogen) atoms. The lowest BCUT2D eigenvalue weighted by molar-refractivity contribution is 0.171. The Hall–Kier alpha value is -1.22. The minimum Gasteiger partial charge on any atom is -0.486 e. The smallest absolute Gasteiger partial charge is 0.161 e. The van der Waals surface area contributed by atoms with E-state index in [-0.39, 0.29) is 0 Å². The van der Waals surface area contributed by atoms with Crippen LogP contribution in [0.3, 0.4) is 0 Å². The molecule has 0 bridgehead atoms. The fraction of sp³-hybridized carbons (Fsp3) is 0.571. The van der Waals surface area contributed by atoms with Crippen LogP contribution in [0.15, 0.2) is 18.2 Å². The molecule has 0 aliphatic carbocycles. The molecule has 3 nitrogen and oxygen atoms in total. The number of rotatable bonds is 1. The van der Waals surface area contributed by atoms with Crippen LogP contribution in [0.25, 0.3) is 0 Å². The van der Waals surface area contributed by atoms with Crippen LogP contribution < -0.4 is 14.8 Å². The zero-order valence-electron chi connectivity index (χ0n) is 10.1. The Balaban J connectivity index is 1.82. The molecule has 1 saturated heterocycles. The molecule has 1 aromatic rings. The molecule has 1 fully saturated rings. The second-order valence-electron chi connectivity index (χ2n) is 4.76. The highest BCUT2D eigenvalue weighted by atomic mass is 16.6. The highest BCUT2D eigenvalue weighted by Gasteiger charge is 2.17. The predicted octanol–water partition coefficient (Wildman–Crippen LogP) is 2.66. The Labute approximate surface area is 102 Å². The molecule has 92 valence electrons. The molecule has 3 rings (SSSR count). The second kappa shape index (κ2) is 4.96. The fourth-order valence-corrected chi connectivity index (χ4v) is 2.59. The van der Waals surface area contributed by atoms with Crippen LogP contribution in [-0.4, -0.2) is 19.8 Å². The van der Waals surface area contributed by atoms with E-state index in [0.717, 1.165) is 18.0 Å². The minimum atomic E-state index is 0.480. The van der Waals surface area contributed by atoms with Crippen LogP contribution in [0.5, 0.6) is 11.5 Å². The van der Waals surface area contributed by atoms with Gasteiger partial charge in [-0.05, 0) is 37.1 Å². The Kier molecular flexibility index (Phi) is 3.18. The largest absolute Gasteiger partial charge is 0.486 e. The van der Waals surface area contributed by atoms with Crippen LogP contribution in [-0.2, 0) is 0 Å². The average molecular weight is 233 g/mol. The van der Waals surface area contributed by atoms with E-state index < -0.39 is 0 Å². The summed E-state index contributed by atoms with van der Waals surface area (Å²) in [6.45, 7) is 2.45. The molecule has 2 heterocycles. The summed E-state index contributed by atoms with van der Waals surface area (Å²) in [5.74, 6) is 1.79. The predicted molar refractivity (Wildman–Crippen MR) is 66.6 cm³/mol. The monoisotopic (exact) mass is 233 g/mol. The van der Waals surface area contributed by atoms with Crippen molar-refractivity contribution in [3.63, 3.8) is 0 Å². The summed E-state index contributed by atoms with van der Waals surface area (Å²) in [5.41, 5.74) is 1.33. The summed E-state index contributed by atoms with van der Waals surface area (Å²) >= 11 is 0. The minimum absolute atomic E-state index is 0.480. The topological polar surface area (TPSA) is 30.5 Å². The molecule has 2 aliphatic heterocycles. The summed E-state index contributed by atoms with van der Waals surface area (Å²) < 4.78 is 11.2. The molecule has 0 saturated carbocycles. The second-order valence-corrected chi connectivity index (χ2v) is 4.76. The molecule has 0 radical (unpaired) electrons. The Morgan fingerprint density at radius 2 is 1.88 bits per heavy atom. The molecule has 1 aromatic carbocycles. The summed E-state index contributed by atoms with van der Waals surface area (Å²) in [5, 5.41) is 3.61. The van der Waals surface area contributed by atoms with Gasteiger partial charge in [-0.25, -0.2) is 0 Å². The number of nitrogens with one attached hydrogen (secondary N) is 1. The van der Waals surface area contributed by atoms with Crippen molar-refractivity contribution in [1.29, 1.82) is 0 Å². The van der Waals surface area contributed by atoms with Crippen LogP contribution in [0.2, 0.25) is 0 Å². The van der Waals surface area contributed by atoms with Crippen molar-refractivity contribution in [1.82, 2.24) is 5.32 Å². The van der Waals surface area contributed by atoms with Gasteiger partial charge in [0.15, 0.2) is 11.5 Å². The van der Waals surface area contributed by atoms with Crippen molar-refractivity contribution in [2.24, 2.45) is 0 Å². The maximum Gasteiger partial charge on any atom is 0.161 e. The normalized spacial score (nSPS) is 24.1. The third-order valence-electron chi connectivity index (χ3n) is 3.53. The molecule has 1 N–H and O–H groups in total. The van der Waals surface area contributed by atoms with Crippen molar-refractivity contribution in [3.8, 4) is 11.5 Å². The molecule has 0 spiro atoms. The van der Waals surface area contributed by atoms with E-state index in [2.05, 4.69) is 17.4 Å². The van der Waals surface area contributed by atoms with E-state index in [1.54, 1.807) is 0 Å². The van der Waals surface area contributed by atoms with Gasteiger partial charge in [0, 0.05) is 6.04 Å². The molecule has 1 atom stereocenters. The maximum atomic E-state index is 5.63. The Morgan fingerprint density at radius 3 is 2.82 bits per heavy atom. The quantitative estimate of drug-likeness (QED) is 0.809. The Morgan fingerprint density at radius 1 is 1.00 bits per heavy atom. The van der Waals surface area contributed by atoms with Gasteiger partial charge in [-0.2, -0.15) is 0 Å². The number of hydrogen-bond acceptors (Lipinski definition) is 3. The first-order chi connectivity index (χ1) is 8.43. The molecule has 0 aromatic heterocycles. The van der Waals surface area contributed by atoms with Crippen LogP contribution in [0, 0.1) is 0 Å². The summed E-state index contributed by atoms with van der Waals surface area (Å²) in [4.78, 5) is 0. The van der Waals surface area contributed by atoms with Gasteiger partial charge in [-0.3, -0.25) is 0 Å². The van der Waals surface area contributed by atoms with Crippen molar-refractivity contribution in [3.05, 3.63) is 23.8 Å². The first-order valence-corrected chi connectivity index (χ1v) is 6.56. The zero-order chi connectivity index (χ0) is 11.5. The lowest BCUT2D eigenvalue weighted by Gasteiger charge is -2.22. The van der Waals surface area contributed by atoms with E-state index in [4.69, 9.17) is 9.47 Å². The first kappa shape index (κ1) is 10.9. The highest BCUT2D eigenvalue weighted by molar-refractivity contribution is 5.44. The molecule has 1 unspecified atom stereocenters. The molecule has 0 amide bonds. The summed E-state index contributed by atoms with van der Waals surface area (Å²) in [6.07, 6.45) is 5.17. The summed E-state index contributed by atoms with van der Waals surface area (Å²) in [6, 6.07) is 6.82. The van der Waals surface area contributed by atoms with Crippen molar-refractivity contribution < 1.29 is 9.47 Å². The van der Waals surface area contributed by atoms with Gasteiger partial charge < -0.3 is 14.8 Å². The lowest BCUT2D eigenvalue weighted by Crippen LogP contribution is -2.21. The van der Waals surface area contributed by atoms with E-state index in [9.17, 15) is 0 Å². The van der Waals surface area contributed by atoms with Gasteiger partial charge >= 0.3 is 0 Å². The number of fused-ring (bicyclic) bond motifs is 1. The van der Waals surface area contributed by atoms with Gasteiger partial charge in [0.25, 0.3) is 0 Å². The third-order valence-corrected chi connectivity index (χ3v) is 3.53. The van der Waals surface area contributed by atoms with Gasteiger partial charge in [-0.15, -0.1) is 0 Å². The van der Waals surface area contributed by atoms with Gasteiger partial charge in [-0.1, -0.05) is 18.9 Å². The molecule has 3 heteroatoms. The van der Waals surface area contributed by atoms with Gasteiger partial charge in [0.05, 0.1) is 0 Å². The average Bonchev–Trinajstić information content (AvgIpc) is 2.67. The Bertz CT molecular complexity index is 384. The van der Waals surface area contributed by atoms with E-state index >= 15 is 0 Å². The fourth-order valence-electron chi connectivity index (χ4n) is 2.59. The first-order valence-electron chi connectivity index (χ1n) is 6.56. The van der Waals surface area contributed by atoms with Gasteiger partial charge in [0.2, 0.25) is 0 Å². The van der Waals surface area contributed by atoms with Crippen molar-refractivity contribution in [2.45, 2.75) is 31.7 Å². The summed E-state index contributed by atoms with van der Waals surface area (Å²) in [7, 11) is 0. The molecule has 2 aliphatic rings. The van der Waals surface area contributed by atoms with Crippen LogP contribution in [0.1, 0.15) is 37.3 Å². The highest BCUT2D eigenvalue weighted by Crippen LogP contribution is 2.34. The van der Waals surface area contributed by atoms with Crippen LogP contribution >= 0.6 is 0 Å².